The van der Waals surface area contributed by atoms with E-state index in [9.17, 15) is 19.1 Å². The Hall–Kier alpha value is -3.49. The number of fused-ring (bicyclic) bond motifs is 1. The Morgan fingerprint density at radius 2 is 1.97 bits per heavy atom. The van der Waals surface area contributed by atoms with E-state index in [1.54, 1.807) is 18.2 Å². The van der Waals surface area contributed by atoms with Crippen molar-refractivity contribution in [2.24, 2.45) is 5.41 Å². The highest BCUT2D eigenvalue weighted by molar-refractivity contribution is 6.05. The van der Waals surface area contributed by atoms with Crippen LogP contribution in [-0.4, -0.2) is 55.8 Å². The van der Waals surface area contributed by atoms with Gasteiger partial charge in [0.05, 0.1) is 5.52 Å². The third-order valence-corrected chi connectivity index (χ3v) is 6.02. The molecule has 1 fully saturated rings. The molecule has 168 valence electrons. The van der Waals surface area contributed by atoms with Crippen LogP contribution in [0.2, 0.25) is 0 Å². The molecule has 1 saturated heterocycles. The zero-order valence-corrected chi connectivity index (χ0v) is 18.2. The average Bonchev–Trinajstić information content (AvgIpc) is 3.16. The summed E-state index contributed by atoms with van der Waals surface area (Å²) >= 11 is 0. The van der Waals surface area contributed by atoms with Gasteiger partial charge in [-0.25, -0.2) is 9.78 Å². The summed E-state index contributed by atoms with van der Waals surface area (Å²) in [5, 5.41) is 20.3. The Balaban J connectivity index is 1.56. The van der Waals surface area contributed by atoms with Gasteiger partial charge in [0, 0.05) is 36.3 Å². The summed E-state index contributed by atoms with van der Waals surface area (Å²) < 4.78 is 13.5. The van der Waals surface area contributed by atoms with Crippen molar-refractivity contribution in [3.05, 3.63) is 48.2 Å². The molecule has 0 aliphatic carbocycles. The summed E-state index contributed by atoms with van der Waals surface area (Å²) in [7, 11) is 0. The lowest BCUT2D eigenvalue weighted by molar-refractivity contribution is 0.0470. The molecule has 2 unspecified atom stereocenters. The molecule has 0 saturated carbocycles. The van der Waals surface area contributed by atoms with Gasteiger partial charge in [0.15, 0.2) is 5.69 Å². The number of aromatic nitrogens is 3. The SMILES string of the molecule is CC(C)(C)C1CC(NC(=O)c2n[nH]c3ccc(-c4ccnc(F)c4)cc23)CCN1C(=O)O. The average molecular weight is 439 g/mol. The van der Waals surface area contributed by atoms with Gasteiger partial charge in [-0.3, -0.25) is 9.89 Å². The van der Waals surface area contributed by atoms with Crippen LogP contribution in [-0.2, 0) is 0 Å². The number of likely N-dealkylation sites (tertiary alicyclic amines) is 1. The third kappa shape index (κ3) is 4.28. The number of nitrogens with zero attached hydrogens (tertiary/aromatic N) is 3. The number of amides is 2. The first-order valence-corrected chi connectivity index (χ1v) is 10.5. The van der Waals surface area contributed by atoms with Crippen molar-refractivity contribution in [1.82, 2.24) is 25.4 Å². The van der Waals surface area contributed by atoms with Crippen molar-refractivity contribution in [3.63, 3.8) is 0 Å². The van der Waals surface area contributed by atoms with Crippen LogP contribution < -0.4 is 5.32 Å². The maximum Gasteiger partial charge on any atom is 0.407 e. The van der Waals surface area contributed by atoms with Crippen LogP contribution in [0.3, 0.4) is 0 Å². The van der Waals surface area contributed by atoms with Crippen molar-refractivity contribution in [3.8, 4) is 11.1 Å². The third-order valence-electron chi connectivity index (χ3n) is 6.02. The Bertz CT molecular complexity index is 1170. The van der Waals surface area contributed by atoms with E-state index in [0.717, 1.165) is 5.56 Å². The molecule has 8 nitrogen and oxygen atoms in total. The van der Waals surface area contributed by atoms with Gasteiger partial charge in [-0.2, -0.15) is 9.49 Å². The van der Waals surface area contributed by atoms with Crippen LogP contribution >= 0.6 is 0 Å². The fraction of sp³-hybridized carbons (Fsp3) is 0.391. The Labute approximate surface area is 184 Å². The molecule has 0 bridgehead atoms. The first-order chi connectivity index (χ1) is 15.1. The van der Waals surface area contributed by atoms with Gasteiger partial charge in [0.1, 0.15) is 0 Å². The Morgan fingerprint density at radius 1 is 1.22 bits per heavy atom. The number of H-pyrrole nitrogens is 1. The lowest BCUT2D eigenvalue weighted by atomic mass is 9.79. The number of aromatic amines is 1. The molecular formula is C23H26FN5O3. The van der Waals surface area contributed by atoms with E-state index < -0.39 is 12.0 Å². The van der Waals surface area contributed by atoms with E-state index in [1.807, 2.05) is 26.8 Å². The van der Waals surface area contributed by atoms with Crippen molar-refractivity contribution >= 4 is 22.9 Å². The maximum absolute atomic E-state index is 13.5. The normalized spacial score (nSPS) is 19.2. The number of carbonyl (C=O) groups excluding carboxylic acids is 1. The molecule has 0 radical (unpaired) electrons. The first-order valence-electron chi connectivity index (χ1n) is 10.5. The second-order valence-electron chi connectivity index (χ2n) is 9.25. The van der Waals surface area contributed by atoms with E-state index in [0.29, 0.717) is 35.9 Å². The van der Waals surface area contributed by atoms with Crippen molar-refractivity contribution < 1.29 is 19.1 Å². The minimum atomic E-state index is -0.937. The predicted octanol–water partition coefficient (Wildman–Crippen LogP) is 4.05. The number of nitrogens with one attached hydrogen (secondary N) is 2. The number of halogens is 1. The molecule has 3 aromatic rings. The number of carboxylic acid groups (broad SMARTS) is 1. The minimum absolute atomic E-state index is 0.161. The Kier molecular flexibility index (Phi) is 5.58. The van der Waals surface area contributed by atoms with E-state index >= 15 is 0 Å². The number of hydrogen-bond donors (Lipinski definition) is 3. The van der Waals surface area contributed by atoms with Crippen LogP contribution in [0.25, 0.3) is 22.0 Å². The smallest absolute Gasteiger partial charge is 0.407 e. The van der Waals surface area contributed by atoms with Crippen LogP contribution in [0, 0.1) is 11.4 Å². The number of benzene rings is 1. The van der Waals surface area contributed by atoms with Crippen LogP contribution in [0.5, 0.6) is 0 Å². The second-order valence-corrected chi connectivity index (χ2v) is 9.25. The lowest BCUT2D eigenvalue weighted by Crippen LogP contribution is -2.56. The maximum atomic E-state index is 13.5. The fourth-order valence-corrected chi connectivity index (χ4v) is 4.35. The number of piperidine rings is 1. The van der Waals surface area contributed by atoms with Gasteiger partial charge >= 0.3 is 6.09 Å². The summed E-state index contributed by atoms with van der Waals surface area (Å²) in [4.78, 5) is 29.8. The standard InChI is InChI=1S/C23H26FN5O3/c1-23(2,3)18-12-15(7-9-29(18)22(31)32)26-21(30)20-16-10-13(4-5-17(16)27-28-20)14-6-8-25-19(24)11-14/h4-6,8,10-11,15,18H,7,9,12H2,1-3H3,(H,26,30)(H,27,28)(H,31,32). The molecule has 3 heterocycles. The predicted molar refractivity (Wildman–Crippen MR) is 118 cm³/mol. The number of rotatable bonds is 3. The lowest BCUT2D eigenvalue weighted by Gasteiger charge is -2.44. The number of hydrogen-bond acceptors (Lipinski definition) is 4. The van der Waals surface area contributed by atoms with Gasteiger partial charge < -0.3 is 15.3 Å². The van der Waals surface area contributed by atoms with E-state index in [1.165, 1.54) is 17.2 Å². The zero-order chi connectivity index (χ0) is 23.0. The molecule has 1 aromatic carbocycles. The summed E-state index contributed by atoms with van der Waals surface area (Å²) in [6.45, 7) is 6.37. The molecule has 0 spiro atoms. The van der Waals surface area contributed by atoms with E-state index in [-0.39, 0.29) is 29.1 Å². The second kappa shape index (κ2) is 8.22. The van der Waals surface area contributed by atoms with Crippen LogP contribution in [0.15, 0.2) is 36.5 Å². The van der Waals surface area contributed by atoms with Gasteiger partial charge in [-0.15, -0.1) is 0 Å². The Morgan fingerprint density at radius 3 is 2.66 bits per heavy atom. The topological polar surface area (TPSA) is 111 Å². The molecule has 4 rings (SSSR count). The summed E-state index contributed by atoms with van der Waals surface area (Å²) in [6.07, 6.45) is 1.53. The van der Waals surface area contributed by atoms with E-state index in [2.05, 4.69) is 20.5 Å². The number of carbonyl (C=O) groups is 2. The summed E-state index contributed by atoms with van der Waals surface area (Å²) in [6, 6.07) is 8.10. The molecule has 1 aliphatic heterocycles. The van der Waals surface area contributed by atoms with Crippen molar-refractivity contribution in [1.29, 1.82) is 0 Å². The van der Waals surface area contributed by atoms with Crippen molar-refractivity contribution in [2.75, 3.05) is 6.54 Å². The van der Waals surface area contributed by atoms with Gasteiger partial charge in [0.2, 0.25) is 5.95 Å². The van der Waals surface area contributed by atoms with Crippen molar-refractivity contribution in [2.45, 2.75) is 45.7 Å². The van der Waals surface area contributed by atoms with E-state index in [4.69, 9.17) is 0 Å². The summed E-state index contributed by atoms with van der Waals surface area (Å²) in [5.74, 6) is -0.899. The molecule has 32 heavy (non-hydrogen) atoms. The highest BCUT2D eigenvalue weighted by Crippen LogP contribution is 2.32. The molecule has 1 aliphatic rings. The molecule has 2 atom stereocenters. The zero-order valence-electron chi connectivity index (χ0n) is 18.2. The molecule has 2 aromatic heterocycles. The van der Waals surface area contributed by atoms with Crippen LogP contribution in [0.1, 0.15) is 44.1 Å². The van der Waals surface area contributed by atoms with Gasteiger partial charge in [-0.05, 0) is 47.6 Å². The minimum Gasteiger partial charge on any atom is -0.465 e. The quantitative estimate of drug-likeness (QED) is 0.533. The molecular weight excluding hydrogens is 413 g/mol. The molecule has 9 heteroatoms. The molecule has 3 N–H and O–H groups in total. The highest BCUT2D eigenvalue weighted by Gasteiger charge is 2.39. The van der Waals surface area contributed by atoms with Gasteiger partial charge in [-0.1, -0.05) is 26.8 Å². The monoisotopic (exact) mass is 439 g/mol. The fourth-order valence-electron chi connectivity index (χ4n) is 4.35. The summed E-state index contributed by atoms with van der Waals surface area (Å²) in [5.41, 5.74) is 2.10. The number of pyridine rings is 1. The van der Waals surface area contributed by atoms with Gasteiger partial charge in [0.25, 0.3) is 5.91 Å². The molecule has 2 amide bonds. The highest BCUT2D eigenvalue weighted by atomic mass is 19.1. The largest absolute Gasteiger partial charge is 0.465 e. The first kappa shape index (κ1) is 21.7. The van der Waals surface area contributed by atoms with Crippen LogP contribution in [0.4, 0.5) is 9.18 Å².